The summed E-state index contributed by atoms with van der Waals surface area (Å²) >= 11 is 0. The predicted molar refractivity (Wildman–Crippen MR) is 87.1 cm³/mol. The number of amides is 1. The van der Waals surface area contributed by atoms with Gasteiger partial charge < -0.3 is 14.8 Å². The fourth-order valence-electron chi connectivity index (χ4n) is 1.69. The second-order valence-corrected chi connectivity index (χ2v) is 4.40. The maximum Gasteiger partial charge on any atom is 0.396 e. The van der Waals surface area contributed by atoms with Gasteiger partial charge in [0.1, 0.15) is 5.75 Å². The van der Waals surface area contributed by atoms with Crippen LogP contribution < -0.4 is 10.1 Å². The minimum absolute atomic E-state index is 0.207. The number of nitrogens with zero attached hydrogens (tertiary/aromatic N) is 2. The highest BCUT2D eigenvalue weighted by atomic mass is 16.5. The molecule has 1 unspecified atom stereocenters. The lowest BCUT2D eigenvalue weighted by atomic mass is 10.2. The Labute approximate surface area is 135 Å². The highest BCUT2D eigenvalue weighted by molar-refractivity contribution is 5.97. The molecule has 1 N–H and O–H groups in total. The Morgan fingerprint density at radius 3 is 2.70 bits per heavy atom. The van der Waals surface area contributed by atoms with Gasteiger partial charge in [-0.05, 0) is 26.0 Å². The minimum atomic E-state index is -1.08. The molecule has 0 aliphatic heterocycles. The smallest absolute Gasteiger partial charge is 0.396 e. The van der Waals surface area contributed by atoms with Crippen molar-refractivity contribution < 1.29 is 19.1 Å². The van der Waals surface area contributed by atoms with Crippen molar-refractivity contribution in [3.8, 4) is 5.75 Å². The van der Waals surface area contributed by atoms with Crippen LogP contribution in [-0.4, -0.2) is 37.3 Å². The maximum absolute atomic E-state index is 11.5. The molecule has 0 fully saturated rings. The lowest BCUT2D eigenvalue weighted by Crippen LogP contribution is -2.21. The first-order chi connectivity index (χ1) is 11.0. The summed E-state index contributed by atoms with van der Waals surface area (Å²) < 4.78 is 10.2. The molecular weight excluding hydrogens is 298 g/mol. The van der Waals surface area contributed by atoms with E-state index in [1.165, 1.54) is 13.1 Å². The van der Waals surface area contributed by atoms with E-state index in [0.717, 1.165) is 0 Å². The molecule has 0 bridgehead atoms. The highest BCUT2D eigenvalue weighted by Crippen LogP contribution is 2.29. The summed E-state index contributed by atoms with van der Waals surface area (Å²) in [6, 6.07) is 3.84. The van der Waals surface area contributed by atoms with Gasteiger partial charge in [0.15, 0.2) is 0 Å². The maximum atomic E-state index is 11.5. The second-order valence-electron chi connectivity index (χ2n) is 4.40. The molecule has 7 nitrogen and oxygen atoms in total. The number of ether oxygens (including phenoxy) is 2. The van der Waals surface area contributed by atoms with Gasteiger partial charge in [-0.25, -0.2) is 11.4 Å². The van der Waals surface area contributed by atoms with E-state index in [4.69, 9.17) is 16.0 Å². The van der Waals surface area contributed by atoms with Crippen LogP contribution in [0.1, 0.15) is 20.8 Å². The van der Waals surface area contributed by atoms with Gasteiger partial charge >= 0.3 is 12.0 Å². The van der Waals surface area contributed by atoms with Crippen molar-refractivity contribution in [2.24, 2.45) is 4.99 Å². The molecule has 122 valence electrons. The van der Waals surface area contributed by atoms with Gasteiger partial charge in [0.2, 0.25) is 5.91 Å². The molecule has 0 saturated carbocycles. The summed E-state index contributed by atoms with van der Waals surface area (Å²) in [4.78, 5) is 30.0. The summed E-state index contributed by atoms with van der Waals surface area (Å²) in [6.07, 6.45) is 1.23. The summed E-state index contributed by atoms with van der Waals surface area (Å²) in [5.41, 5.74) is 1.03. The van der Waals surface area contributed by atoms with Gasteiger partial charge in [-0.1, -0.05) is 0 Å². The second kappa shape index (κ2) is 9.20. The zero-order chi connectivity index (χ0) is 17.2. The molecule has 0 heterocycles. The van der Waals surface area contributed by atoms with E-state index >= 15 is 0 Å². The number of rotatable bonds is 7. The molecule has 1 atom stereocenters. The van der Waals surface area contributed by atoms with Gasteiger partial charge in [0.05, 0.1) is 30.8 Å². The van der Waals surface area contributed by atoms with E-state index in [2.05, 4.69) is 15.2 Å². The van der Waals surface area contributed by atoms with Crippen LogP contribution in [-0.2, 0) is 14.3 Å². The average molecular weight is 317 g/mol. The van der Waals surface area contributed by atoms with Crippen molar-refractivity contribution in [1.29, 1.82) is 0 Å². The molecule has 0 aromatic heterocycles. The fraction of sp³-hybridized carbons (Fsp3) is 0.375. The Kier molecular flexibility index (Phi) is 7.27. The van der Waals surface area contributed by atoms with Crippen molar-refractivity contribution in [2.75, 3.05) is 18.5 Å². The number of hydrogen-bond donors (Lipinski definition) is 1. The molecule has 1 aromatic rings. The summed E-state index contributed by atoms with van der Waals surface area (Å²) in [7, 11) is 0. The first-order valence-electron chi connectivity index (χ1n) is 7.13. The van der Waals surface area contributed by atoms with Crippen LogP contribution in [0.3, 0.4) is 0 Å². The normalized spacial score (nSPS) is 11.6. The molecule has 0 saturated heterocycles. The van der Waals surface area contributed by atoms with Gasteiger partial charge in [-0.15, -0.1) is 0 Å². The summed E-state index contributed by atoms with van der Waals surface area (Å²) in [5, 5.41) is 2.66. The molecule has 0 spiro atoms. The number of benzene rings is 1. The van der Waals surface area contributed by atoms with Crippen LogP contribution in [0.15, 0.2) is 23.2 Å². The van der Waals surface area contributed by atoms with Crippen LogP contribution >= 0.6 is 0 Å². The van der Waals surface area contributed by atoms with Crippen LogP contribution in [0, 0.1) is 6.57 Å². The van der Waals surface area contributed by atoms with E-state index in [-0.39, 0.29) is 12.5 Å². The third kappa shape index (κ3) is 5.79. The first kappa shape index (κ1) is 18.2. The predicted octanol–water partition coefficient (Wildman–Crippen LogP) is 2.60. The zero-order valence-electron chi connectivity index (χ0n) is 13.3. The molecule has 7 heteroatoms. The van der Waals surface area contributed by atoms with E-state index in [1.54, 1.807) is 25.1 Å². The number of carbonyl (C=O) groups excluding carboxylic acids is 2. The Balaban J connectivity index is 2.98. The van der Waals surface area contributed by atoms with Crippen molar-refractivity contribution in [1.82, 2.24) is 0 Å². The van der Waals surface area contributed by atoms with Crippen molar-refractivity contribution >= 4 is 29.5 Å². The van der Waals surface area contributed by atoms with Crippen LogP contribution in [0.25, 0.3) is 4.85 Å². The zero-order valence-corrected chi connectivity index (χ0v) is 13.3. The Morgan fingerprint density at radius 1 is 1.39 bits per heavy atom. The molecule has 0 aliphatic rings. The fourth-order valence-corrected chi connectivity index (χ4v) is 1.69. The topological polar surface area (TPSA) is 81.4 Å². The van der Waals surface area contributed by atoms with Crippen LogP contribution in [0.5, 0.6) is 5.75 Å². The molecule has 23 heavy (non-hydrogen) atoms. The van der Waals surface area contributed by atoms with Gasteiger partial charge in [0.25, 0.3) is 0 Å². The third-order valence-corrected chi connectivity index (χ3v) is 2.61. The van der Waals surface area contributed by atoms with Crippen molar-refractivity contribution in [3.05, 3.63) is 29.6 Å². The minimum Gasteiger partial charge on any atom is -0.492 e. The Morgan fingerprint density at radius 2 is 2.13 bits per heavy atom. The quantitative estimate of drug-likeness (QED) is 0.476. The van der Waals surface area contributed by atoms with E-state index in [0.29, 0.717) is 23.7 Å². The first-order valence-corrected chi connectivity index (χ1v) is 7.13. The van der Waals surface area contributed by atoms with E-state index in [1.807, 2.05) is 6.92 Å². The summed E-state index contributed by atoms with van der Waals surface area (Å²) in [6.45, 7) is 12.5. The van der Waals surface area contributed by atoms with Crippen molar-refractivity contribution in [3.63, 3.8) is 0 Å². The number of nitrogens with one attached hydrogen (secondary N) is 1. The van der Waals surface area contributed by atoms with Gasteiger partial charge in [0, 0.05) is 13.0 Å². The third-order valence-electron chi connectivity index (χ3n) is 2.61. The monoisotopic (exact) mass is 317 g/mol. The largest absolute Gasteiger partial charge is 0.492 e. The van der Waals surface area contributed by atoms with Gasteiger partial charge in [-0.3, -0.25) is 14.6 Å². The van der Waals surface area contributed by atoms with Crippen LogP contribution in [0.2, 0.25) is 0 Å². The average Bonchev–Trinajstić information content (AvgIpc) is 2.50. The number of carbonyl (C=O) groups is 2. The highest BCUT2D eigenvalue weighted by Gasteiger charge is 2.22. The SMILES string of the molecule is [C-]#[N+]C(C=Nc1ccc(NC(C)=O)c(OCC)c1)C(=O)OCC. The molecule has 1 amide bonds. The lowest BCUT2D eigenvalue weighted by molar-refractivity contribution is -0.141. The molecule has 0 radical (unpaired) electrons. The van der Waals surface area contributed by atoms with E-state index in [9.17, 15) is 9.59 Å². The van der Waals surface area contributed by atoms with Crippen molar-refractivity contribution in [2.45, 2.75) is 26.8 Å². The van der Waals surface area contributed by atoms with Crippen LogP contribution in [0.4, 0.5) is 11.4 Å². The number of anilines is 1. The van der Waals surface area contributed by atoms with E-state index < -0.39 is 12.0 Å². The lowest BCUT2D eigenvalue weighted by Gasteiger charge is -2.11. The number of hydrogen-bond acceptors (Lipinski definition) is 5. The summed E-state index contributed by atoms with van der Waals surface area (Å²) in [5.74, 6) is -0.378. The number of esters is 1. The molecule has 1 rings (SSSR count). The molecular formula is C16H19N3O4. The molecule has 1 aromatic carbocycles. The Hall–Kier alpha value is -2.88. The Bertz CT molecular complexity index is 635. The number of aliphatic imine (C=N–C) groups is 1. The van der Waals surface area contributed by atoms with Gasteiger partial charge in [-0.2, -0.15) is 0 Å². The standard InChI is InChI=1S/C16H19N3O4/c1-5-22-15-9-12(7-8-13(15)19-11(3)20)18-10-14(17-4)16(21)23-6-2/h7-10,14H,5-6H2,1-3H3,(H,19,20). The molecule has 0 aliphatic carbocycles.